The molecule has 1 aromatic carbocycles. The molecule has 0 aliphatic heterocycles. The van der Waals surface area contributed by atoms with Gasteiger partial charge in [-0.15, -0.1) is 0 Å². The van der Waals surface area contributed by atoms with Crippen molar-refractivity contribution in [3.8, 4) is 11.4 Å². The second-order valence-corrected chi connectivity index (χ2v) is 3.22. The Kier molecular flexibility index (Phi) is 3.15. The molecule has 3 N–H and O–H groups in total. The largest absolute Gasteiger partial charge is 0.464 e. The Morgan fingerprint density at radius 1 is 1.41 bits per heavy atom. The average molecular weight is 230 g/mol. The van der Waals surface area contributed by atoms with Crippen molar-refractivity contribution in [1.29, 1.82) is 0 Å². The van der Waals surface area contributed by atoms with Gasteiger partial charge in [0.15, 0.2) is 0 Å². The Morgan fingerprint density at radius 2 is 2.18 bits per heavy atom. The minimum Gasteiger partial charge on any atom is -0.464 e. The number of carboxylic acid groups (broad SMARTS) is 1. The molecule has 0 aliphatic rings. The van der Waals surface area contributed by atoms with Gasteiger partial charge in [0.2, 0.25) is 0 Å². The summed E-state index contributed by atoms with van der Waals surface area (Å²) in [6.45, 7) is 0. The molecule has 17 heavy (non-hydrogen) atoms. The van der Waals surface area contributed by atoms with Gasteiger partial charge in [-0.1, -0.05) is 30.3 Å². The predicted octanol–water partition coefficient (Wildman–Crippen LogP) is 1.68. The van der Waals surface area contributed by atoms with Crippen LogP contribution in [0.4, 0.5) is 4.79 Å². The van der Waals surface area contributed by atoms with Crippen molar-refractivity contribution in [3.63, 3.8) is 0 Å². The zero-order valence-corrected chi connectivity index (χ0v) is 8.79. The van der Waals surface area contributed by atoms with E-state index in [0.717, 1.165) is 5.56 Å². The van der Waals surface area contributed by atoms with Crippen LogP contribution in [-0.2, 0) is 0 Å². The second-order valence-electron chi connectivity index (χ2n) is 3.22. The zero-order chi connectivity index (χ0) is 12.1. The minimum absolute atomic E-state index is 0.553. The maximum absolute atomic E-state index is 10.2. The van der Waals surface area contributed by atoms with Crippen molar-refractivity contribution in [2.75, 3.05) is 0 Å². The van der Waals surface area contributed by atoms with Gasteiger partial charge in [0.25, 0.3) is 0 Å². The predicted molar refractivity (Wildman–Crippen MR) is 62.8 cm³/mol. The number of nitrogens with one attached hydrogen (secondary N) is 2. The molecule has 0 saturated carbocycles. The maximum atomic E-state index is 10.2. The van der Waals surface area contributed by atoms with Crippen LogP contribution in [0, 0.1) is 0 Å². The number of amides is 1. The average Bonchev–Trinajstić information content (AvgIpc) is 2.78. The normalized spacial score (nSPS) is 10.6. The summed E-state index contributed by atoms with van der Waals surface area (Å²) in [5.41, 5.74) is 3.39. The van der Waals surface area contributed by atoms with Crippen molar-refractivity contribution < 1.29 is 9.90 Å². The van der Waals surface area contributed by atoms with Crippen LogP contribution in [0.15, 0.2) is 41.6 Å². The Bertz CT molecular complexity index is 533. The lowest BCUT2D eigenvalue weighted by atomic mass is 10.2. The third-order valence-corrected chi connectivity index (χ3v) is 2.00. The molecular weight excluding hydrogens is 220 g/mol. The summed E-state index contributed by atoms with van der Waals surface area (Å²) in [6, 6.07) is 9.60. The van der Waals surface area contributed by atoms with E-state index in [0.29, 0.717) is 11.5 Å². The fourth-order valence-corrected chi connectivity index (χ4v) is 1.30. The van der Waals surface area contributed by atoms with E-state index >= 15 is 0 Å². The fraction of sp³-hybridized carbons (Fsp3) is 0. The molecule has 6 nitrogen and oxygen atoms in total. The summed E-state index contributed by atoms with van der Waals surface area (Å²) in [4.78, 5) is 17.4. The Labute approximate surface area is 97.0 Å². The van der Waals surface area contributed by atoms with Crippen LogP contribution >= 0.6 is 0 Å². The van der Waals surface area contributed by atoms with Crippen LogP contribution in [0.3, 0.4) is 0 Å². The van der Waals surface area contributed by atoms with Crippen molar-refractivity contribution in [2.24, 2.45) is 5.10 Å². The molecule has 0 aliphatic carbocycles. The number of hydrogen-bond acceptors (Lipinski definition) is 3. The molecule has 2 aromatic rings. The van der Waals surface area contributed by atoms with Gasteiger partial charge in [0.05, 0.1) is 6.21 Å². The van der Waals surface area contributed by atoms with Crippen molar-refractivity contribution >= 4 is 12.3 Å². The first-order chi connectivity index (χ1) is 8.25. The molecule has 2 rings (SSSR count). The lowest BCUT2D eigenvalue weighted by Crippen LogP contribution is -2.13. The number of hydrogen-bond donors (Lipinski definition) is 3. The molecule has 1 aromatic heterocycles. The molecule has 86 valence electrons. The first kappa shape index (κ1) is 10.9. The summed E-state index contributed by atoms with van der Waals surface area (Å²) in [5.74, 6) is 0.711. The maximum Gasteiger partial charge on any atom is 0.425 e. The van der Waals surface area contributed by atoms with Crippen LogP contribution in [0.1, 0.15) is 5.69 Å². The lowest BCUT2D eigenvalue weighted by molar-refractivity contribution is 0.195. The van der Waals surface area contributed by atoms with Gasteiger partial charge < -0.3 is 10.1 Å². The highest BCUT2D eigenvalue weighted by Crippen LogP contribution is 2.13. The van der Waals surface area contributed by atoms with Gasteiger partial charge in [0, 0.05) is 11.8 Å². The highest BCUT2D eigenvalue weighted by molar-refractivity contribution is 5.79. The Hall–Kier alpha value is -2.63. The highest BCUT2D eigenvalue weighted by atomic mass is 16.4. The van der Waals surface area contributed by atoms with E-state index in [9.17, 15) is 4.79 Å². The standard InChI is InChI=1S/C11H10N4O2/c16-11(17)15-13-7-9-6-12-10(14-9)8-4-2-1-3-5-8/h1-7,15H,(H,12,14)(H,16,17)/b13-7-. The summed E-state index contributed by atoms with van der Waals surface area (Å²) >= 11 is 0. The van der Waals surface area contributed by atoms with Gasteiger partial charge in [-0.25, -0.2) is 15.2 Å². The highest BCUT2D eigenvalue weighted by Gasteiger charge is 2.01. The first-order valence-corrected chi connectivity index (χ1v) is 4.88. The Morgan fingerprint density at radius 3 is 2.88 bits per heavy atom. The molecule has 0 bridgehead atoms. The quantitative estimate of drug-likeness (QED) is 0.553. The lowest BCUT2D eigenvalue weighted by Gasteiger charge is -1.93. The van der Waals surface area contributed by atoms with E-state index in [2.05, 4.69) is 15.1 Å². The van der Waals surface area contributed by atoms with E-state index < -0.39 is 6.09 Å². The zero-order valence-electron chi connectivity index (χ0n) is 8.79. The van der Waals surface area contributed by atoms with E-state index in [-0.39, 0.29) is 0 Å². The summed E-state index contributed by atoms with van der Waals surface area (Å²) in [5, 5.41) is 11.8. The number of hydrazone groups is 1. The van der Waals surface area contributed by atoms with Gasteiger partial charge in [-0.3, -0.25) is 0 Å². The molecule has 0 saturated heterocycles. The van der Waals surface area contributed by atoms with Gasteiger partial charge in [0.1, 0.15) is 11.5 Å². The molecule has 6 heteroatoms. The number of carbonyl (C=O) groups is 1. The van der Waals surface area contributed by atoms with E-state index in [1.807, 2.05) is 35.8 Å². The molecule has 1 amide bonds. The SMILES string of the molecule is O=C(O)N/N=C\c1c[nH]c(-c2ccccc2)n1. The molecule has 1 heterocycles. The van der Waals surface area contributed by atoms with Crippen LogP contribution < -0.4 is 5.43 Å². The number of aromatic amines is 1. The number of benzene rings is 1. The first-order valence-electron chi connectivity index (χ1n) is 4.88. The molecule has 0 radical (unpaired) electrons. The molecular formula is C11H10N4O2. The van der Waals surface area contributed by atoms with E-state index in [1.54, 1.807) is 6.20 Å². The summed E-state index contributed by atoms with van der Waals surface area (Å²) in [6.07, 6.45) is 1.77. The van der Waals surface area contributed by atoms with Crippen LogP contribution in [0.25, 0.3) is 11.4 Å². The minimum atomic E-state index is -1.21. The summed E-state index contributed by atoms with van der Waals surface area (Å²) in [7, 11) is 0. The number of nitrogens with zero attached hydrogens (tertiary/aromatic N) is 2. The van der Waals surface area contributed by atoms with E-state index in [1.165, 1.54) is 6.21 Å². The number of aromatic nitrogens is 2. The summed E-state index contributed by atoms with van der Waals surface area (Å²) < 4.78 is 0. The number of rotatable bonds is 3. The van der Waals surface area contributed by atoms with Gasteiger partial charge in [-0.05, 0) is 0 Å². The van der Waals surface area contributed by atoms with Crippen LogP contribution in [0.5, 0.6) is 0 Å². The molecule has 0 spiro atoms. The third-order valence-electron chi connectivity index (χ3n) is 2.00. The number of H-pyrrole nitrogens is 1. The van der Waals surface area contributed by atoms with Crippen LogP contribution in [0.2, 0.25) is 0 Å². The Balaban J connectivity index is 2.11. The van der Waals surface area contributed by atoms with Gasteiger partial charge >= 0.3 is 6.09 Å². The fourth-order valence-electron chi connectivity index (χ4n) is 1.30. The van der Waals surface area contributed by atoms with E-state index in [4.69, 9.17) is 5.11 Å². The molecule has 0 atom stereocenters. The van der Waals surface area contributed by atoms with Gasteiger partial charge in [-0.2, -0.15) is 5.10 Å². The monoisotopic (exact) mass is 230 g/mol. The number of imidazole rings is 1. The second kappa shape index (κ2) is 4.93. The molecule has 0 unspecified atom stereocenters. The van der Waals surface area contributed by atoms with Crippen LogP contribution in [-0.4, -0.2) is 27.4 Å². The molecule has 0 fully saturated rings. The van der Waals surface area contributed by atoms with Crippen molar-refractivity contribution in [2.45, 2.75) is 0 Å². The smallest absolute Gasteiger partial charge is 0.425 e. The third kappa shape index (κ3) is 2.91. The topological polar surface area (TPSA) is 90.4 Å². The van der Waals surface area contributed by atoms with Crippen molar-refractivity contribution in [1.82, 2.24) is 15.4 Å². The van der Waals surface area contributed by atoms with Crippen molar-refractivity contribution in [3.05, 3.63) is 42.2 Å².